The zero-order valence-corrected chi connectivity index (χ0v) is 25.2. The second-order valence-electron chi connectivity index (χ2n) is 10.8. The number of halogens is 1. The lowest BCUT2D eigenvalue weighted by Gasteiger charge is -2.35. The van der Waals surface area contributed by atoms with Crippen LogP contribution in [0.3, 0.4) is 0 Å². The number of aliphatic hydroxyl groups is 2. The molecule has 1 fully saturated rings. The molecule has 2 aromatic carbocycles. The Balaban J connectivity index is 1.46. The summed E-state index contributed by atoms with van der Waals surface area (Å²) in [5.41, 5.74) is -1.42. The summed E-state index contributed by atoms with van der Waals surface area (Å²) in [7, 11) is 1.18. The molecule has 2 aliphatic heterocycles. The van der Waals surface area contributed by atoms with E-state index in [9.17, 15) is 24.2 Å². The highest BCUT2D eigenvalue weighted by Crippen LogP contribution is 2.41. The summed E-state index contributed by atoms with van der Waals surface area (Å²) in [6, 6.07) is 12.9. The summed E-state index contributed by atoms with van der Waals surface area (Å²) < 4.78 is 30.4. The van der Waals surface area contributed by atoms with Crippen LogP contribution >= 0.6 is 11.8 Å². The van der Waals surface area contributed by atoms with Gasteiger partial charge in [0.2, 0.25) is 0 Å². The highest BCUT2D eigenvalue weighted by molar-refractivity contribution is 8.18. The fraction of sp³-hybridized carbons (Fsp3) is 0.344. The number of esters is 1. The summed E-state index contributed by atoms with van der Waals surface area (Å²) in [5.74, 6) is 4.46. The van der Waals surface area contributed by atoms with Crippen molar-refractivity contribution >= 4 is 40.6 Å². The lowest BCUT2D eigenvalue weighted by molar-refractivity contribution is -0.135. The summed E-state index contributed by atoms with van der Waals surface area (Å²) >= 11 is 0.995. The van der Waals surface area contributed by atoms with Gasteiger partial charge in [-0.2, -0.15) is 0 Å². The van der Waals surface area contributed by atoms with Crippen molar-refractivity contribution in [3.05, 3.63) is 76.1 Å². The second-order valence-corrected chi connectivity index (χ2v) is 11.9. The smallest absolute Gasteiger partial charge is 0.410 e. The number of likely N-dealkylation sites (tertiary alicyclic amines) is 1. The Kier molecular flexibility index (Phi) is 9.84. The van der Waals surface area contributed by atoms with Crippen molar-refractivity contribution in [3.8, 4) is 17.6 Å². The van der Waals surface area contributed by atoms with E-state index in [4.69, 9.17) is 14.2 Å². The van der Waals surface area contributed by atoms with Crippen LogP contribution in [-0.4, -0.2) is 70.2 Å². The molecule has 2 N–H and O–H groups in total. The zero-order chi connectivity index (χ0) is 31.2. The number of thioether (sulfide) groups is 1. The van der Waals surface area contributed by atoms with E-state index in [1.807, 2.05) is 0 Å². The number of carbonyl (C=O) groups excluding carboxylic acids is 2. The molecule has 0 radical (unpaired) electrons. The number of hydrogen-bond acceptors (Lipinski definition) is 9. The van der Waals surface area contributed by atoms with Crippen LogP contribution < -0.4 is 4.74 Å². The molecule has 11 heteroatoms. The fourth-order valence-electron chi connectivity index (χ4n) is 4.24. The number of para-hydroxylation sites is 2. The Morgan fingerprint density at radius 2 is 1.81 bits per heavy atom. The molecule has 2 aromatic rings. The maximum Gasteiger partial charge on any atom is 0.410 e. The van der Waals surface area contributed by atoms with Crippen molar-refractivity contribution < 1.29 is 38.4 Å². The monoisotopic (exact) mass is 608 g/mol. The van der Waals surface area contributed by atoms with Crippen LogP contribution in [0.25, 0.3) is 6.08 Å². The molecule has 226 valence electrons. The van der Waals surface area contributed by atoms with E-state index >= 15 is 0 Å². The first-order chi connectivity index (χ1) is 20.4. The molecule has 1 saturated heterocycles. The molecule has 0 atom stereocenters. The molecule has 2 aliphatic rings. The van der Waals surface area contributed by atoms with Gasteiger partial charge in [0.25, 0.3) is 0 Å². The first-order valence-corrected chi connectivity index (χ1v) is 14.4. The van der Waals surface area contributed by atoms with Gasteiger partial charge in [0.15, 0.2) is 0 Å². The van der Waals surface area contributed by atoms with Gasteiger partial charge in [-0.25, -0.2) is 19.0 Å². The normalized spacial score (nSPS) is 18.3. The zero-order valence-electron chi connectivity index (χ0n) is 24.3. The molecule has 4 rings (SSSR count). The number of hydrogen-bond donors (Lipinski definition) is 2. The molecular formula is C32H33FN2O7S. The van der Waals surface area contributed by atoms with Gasteiger partial charge in [0.1, 0.15) is 51.4 Å². The Labute approximate surface area is 254 Å². The van der Waals surface area contributed by atoms with E-state index in [1.165, 1.54) is 25.3 Å². The SMILES string of the molecule is COC(=O)C1=C(O)/C(=C/c2ccccc2OCC#CC2(O)CCN(C(=O)OC(C)(C)C)CC2)SC1=Nc1ccccc1F. The molecule has 9 nitrogen and oxygen atoms in total. The Morgan fingerprint density at radius 1 is 1.14 bits per heavy atom. The number of carbonyl (C=O) groups is 2. The Morgan fingerprint density at radius 3 is 2.49 bits per heavy atom. The van der Waals surface area contributed by atoms with Crippen molar-refractivity contribution in [1.82, 2.24) is 4.90 Å². The summed E-state index contributed by atoms with van der Waals surface area (Å²) in [4.78, 5) is 30.9. The van der Waals surface area contributed by atoms with Crippen LogP contribution in [0, 0.1) is 17.7 Å². The molecule has 0 bridgehead atoms. The van der Waals surface area contributed by atoms with Gasteiger partial charge in [-0.15, -0.1) is 0 Å². The van der Waals surface area contributed by atoms with Crippen LogP contribution in [0.4, 0.5) is 14.9 Å². The maximum atomic E-state index is 14.3. The molecule has 0 saturated carbocycles. The Hall–Kier alpha value is -4.27. The van der Waals surface area contributed by atoms with Crippen LogP contribution in [0.5, 0.6) is 5.75 Å². The van der Waals surface area contributed by atoms with Crippen LogP contribution in [0.1, 0.15) is 39.2 Å². The molecule has 0 aromatic heterocycles. The lowest BCUT2D eigenvalue weighted by atomic mass is 9.92. The van der Waals surface area contributed by atoms with Gasteiger partial charge in [0, 0.05) is 31.5 Å². The molecule has 2 heterocycles. The fourth-order valence-corrected chi connectivity index (χ4v) is 5.26. The maximum absolute atomic E-state index is 14.3. The molecule has 1 amide bonds. The number of amides is 1. The highest BCUT2D eigenvalue weighted by atomic mass is 32.2. The van der Waals surface area contributed by atoms with Crippen LogP contribution in [-0.2, 0) is 14.3 Å². The predicted octanol–water partition coefficient (Wildman–Crippen LogP) is 5.77. The minimum Gasteiger partial charge on any atom is -0.506 e. The number of rotatable bonds is 5. The van der Waals surface area contributed by atoms with Gasteiger partial charge >= 0.3 is 12.1 Å². The van der Waals surface area contributed by atoms with Crippen molar-refractivity contribution in [3.63, 3.8) is 0 Å². The quantitative estimate of drug-likeness (QED) is 0.325. The van der Waals surface area contributed by atoms with Crippen LogP contribution in [0.2, 0.25) is 0 Å². The number of methoxy groups -OCH3 is 1. The standard InChI is InChI=1S/C32H33FN2O7S/c1-31(2,3)42-30(38)35-17-15-32(39,16-18-35)14-9-19-41-24-13-8-5-10-21(24)20-25-27(36)26(29(37)40-4)28(43-25)34-23-12-7-6-11-22(23)33/h5-8,10-13,20,36,39H,15-19H2,1-4H3/b25-20-,34-28?. The van der Waals surface area contributed by atoms with E-state index < -0.39 is 29.1 Å². The van der Waals surface area contributed by atoms with Gasteiger partial charge in [-0.05, 0) is 45.0 Å². The first-order valence-electron chi connectivity index (χ1n) is 13.6. The predicted molar refractivity (Wildman–Crippen MR) is 162 cm³/mol. The van der Waals surface area contributed by atoms with Crippen molar-refractivity contribution in [2.24, 2.45) is 4.99 Å². The second kappa shape index (κ2) is 13.4. The molecule has 0 aliphatic carbocycles. The molecule has 0 unspecified atom stereocenters. The lowest BCUT2D eigenvalue weighted by Crippen LogP contribution is -2.47. The third kappa shape index (κ3) is 8.18. The summed E-state index contributed by atoms with van der Waals surface area (Å²) in [6.45, 7) is 6.02. The average molecular weight is 609 g/mol. The van der Waals surface area contributed by atoms with Crippen molar-refractivity contribution in [2.45, 2.75) is 44.8 Å². The highest BCUT2D eigenvalue weighted by Gasteiger charge is 2.35. The number of aliphatic hydroxyl groups excluding tert-OH is 1. The minimum atomic E-state index is -1.25. The number of nitrogens with zero attached hydrogens (tertiary/aromatic N) is 2. The largest absolute Gasteiger partial charge is 0.506 e. The number of aliphatic imine (C=N–C) groups is 1. The van der Waals surface area contributed by atoms with Gasteiger partial charge < -0.3 is 29.3 Å². The topological polar surface area (TPSA) is 118 Å². The Bertz CT molecular complexity index is 1540. The average Bonchev–Trinajstić information content (AvgIpc) is 3.26. The molecule has 43 heavy (non-hydrogen) atoms. The van der Waals surface area contributed by atoms with Crippen molar-refractivity contribution in [2.75, 3.05) is 26.8 Å². The van der Waals surface area contributed by atoms with Gasteiger partial charge in [-0.3, -0.25) is 0 Å². The molecular weight excluding hydrogens is 575 g/mol. The van der Waals surface area contributed by atoms with E-state index in [2.05, 4.69) is 16.8 Å². The molecule has 0 spiro atoms. The van der Waals surface area contributed by atoms with E-state index in [0.717, 1.165) is 11.8 Å². The van der Waals surface area contributed by atoms with E-state index in [-0.39, 0.29) is 41.5 Å². The van der Waals surface area contributed by atoms with Crippen LogP contribution in [0.15, 0.2) is 69.8 Å². The summed E-state index contributed by atoms with van der Waals surface area (Å²) in [5, 5.41) is 21.9. The number of piperidine rings is 1. The minimum absolute atomic E-state index is 0.0138. The van der Waals surface area contributed by atoms with Gasteiger partial charge in [-0.1, -0.05) is 53.9 Å². The van der Waals surface area contributed by atoms with Gasteiger partial charge in [0.05, 0.1) is 12.0 Å². The third-order valence-electron chi connectivity index (χ3n) is 6.42. The third-order valence-corrected chi connectivity index (χ3v) is 7.44. The first kappa shape index (κ1) is 31.7. The number of ether oxygens (including phenoxy) is 3. The van der Waals surface area contributed by atoms with Crippen molar-refractivity contribution in [1.29, 1.82) is 0 Å². The summed E-state index contributed by atoms with van der Waals surface area (Å²) in [6.07, 6.45) is 1.77. The number of benzene rings is 2. The van der Waals surface area contributed by atoms with E-state index in [1.54, 1.807) is 62.1 Å². The van der Waals surface area contributed by atoms with E-state index in [0.29, 0.717) is 29.3 Å².